The second kappa shape index (κ2) is 5.04. The number of allylic oxidation sites excluding steroid dienone is 2. The lowest BCUT2D eigenvalue weighted by atomic mass is 9.63. The van der Waals surface area contributed by atoms with Gasteiger partial charge in [-0.1, -0.05) is 18.2 Å². The van der Waals surface area contributed by atoms with Gasteiger partial charge in [-0.25, -0.2) is 9.69 Å². The van der Waals surface area contributed by atoms with Crippen LogP contribution in [0.1, 0.15) is 23.7 Å². The SMILES string of the molecule is CCOC(=O)c1cccc(N2C(=O)[C@H]3[C@@H]4C=C[C@H]([C@@H]5C[C@@H]45)[C@@H]3C2=O)c1. The number of imide groups is 1. The van der Waals surface area contributed by atoms with Gasteiger partial charge in [-0.3, -0.25) is 9.59 Å². The van der Waals surface area contributed by atoms with Crippen LogP contribution in [0.4, 0.5) is 5.69 Å². The van der Waals surface area contributed by atoms with Crippen LogP contribution in [0.25, 0.3) is 0 Å². The molecule has 3 fully saturated rings. The number of anilines is 1. The molecule has 1 saturated heterocycles. The van der Waals surface area contributed by atoms with Gasteiger partial charge < -0.3 is 4.74 Å². The van der Waals surface area contributed by atoms with Crippen molar-refractivity contribution in [1.29, 1.82) is 0 Å². The fourth-order valence-electron chi connectivity index (χ4n) is 5.20. The third-order valence-corrected chi connectivity index (χ3v) is 6.28. The molecule has 0 aromatic heterocycles. The van der Waals surface area contributed by atoms with Gasteiger partial charge >= 0.3 is 5.97 Å². The Morgan fingerprint density at radius 2 is 1.76 bits per heavy atom. The molecule has 5 heteroatoms. The van der Waals surface area contributed by atoms with Crippen LogP contribution in [0.15, 0.2) is 36.4 Å². The highest BCUT2D eigenvalue weighted by Crippen LogP contribution is 2.65. The van der Waals surface area contributed by atoms with E-state index in [-0.39, 0.29) is 42.1 Å². The molecule has 0 radical (unpaired) electrons. The van der Waals surface area contributed by atoms with E-state index < -0.39 is 5.97 Å². The minimum absolute atomic E-state index is 0.110. The number of rotatable bonds is 3. The van der Waals surface area contributed by atoms with E-state index in [2.05, 4.69) is 12.2 Å². The molecule has 5 aliphatic rings. The molecule has 128 valence electrons. The van der Waals surface area contributed by atoms with Crippen LogP contribution in [0.5, 0.6) is 0 Å². The number of carbonyl (C=O) groups excluding carboxylic acids is 3. The molecule has 0 N–H and O–H groups in total. The number of nitrogens with zero attached hydrogens (tertiary/aromatic N) is 1. The zero-order chi connectivity index (χ0) is 17.3. The largest absolute Gasteiger partial charge is 0.462 e. The highest BCUT2D eigenvalue weighted by Gasteiger charge is 2.67. The van der Waals surface area contributed by atoms with E-state index >= 15 is 0 Å². The zero-order valence-corrected chi connectivity index (χ0v) is 13.9. The number of hydrogen-bond acceptors (Lipinski definition) is 4. The van der Waals surface area contributed by atoms with Crippen molar-refractivity contribution in [3.05, 3.63) is 42.0 Å². The molecule has 2 bridgehead atoms. The zero-order valence-electron chi connectivity index (χ0n) is 13.9. The Bertz CT molecular complexity index is 793. The van der Waals surface area contributed by atoms with Crippen LogP contribution in [0, 0.1) is 35.5 Å². The first-order valence-corrected chi connectivity index (χ1v) is 8.95. The quantitative estimate of drug-likeness (QED) is 0.483. The fraction of sp³-hybridized carbons (Fsp3) is 0.450. The Kier molecular flexibility index (Phi) is 3.00. The minimum atomic E-state index is -0.441. The van der Waals surface area contributed by atoms with Crippen LogP contribution in [-0.4, -0.2) is 24.4 Å². The summed E-state index contributed by atoms with van der Waals surface area (Å²) in [7, 11) is 0. The number of benzene rings is 1. The first kappa shape index (κ1) is 14.9. The van der Waals surface area contributed by atoms with Gasteiger partial charge in [0.2, 0.25) is 11.8 Å². The van der Waals surface area contributed by atoms with E-state index in [0.717, 1.165) is 6.42 Å². The summed E-state index contributed by atoms with van der Waals surface area (Å²) in [6.45, 7) is 2.03. The summed E-state index contributed by atoms with van der Waals surface area (Å²) in [6.07, 6.45) is 5.46. The van der Waals surface area contributed by atoms with Crippen molar-refractivity contribution in [3.63, 3.8) is 0 Å². The van der Waals surface area contributed by atoms with E-state index in [1.165, 1.54) is 4.90 Å². The lowest BCUT2D eigenvalue weighted by Crippen LogP contribution is -2.40. The maximum Gasteiger partial charge on any atom is 0.338 e. The predicted molar refractivity (Wildman–Crippen MR) is 89.6 cm³/mol. The summed E-state index contributed by atoms with van der Waals surface area (Å²) >= 11 is 0. The van der Waals surface area contributed by atoms with Crippen LogP contribution in [-0.2, 0) is 14.3 Å². The van der Waals surface area contributed by atoms with Crippen molar-refractivity contribution >= 4 is 23.5 Å². The minimum Gasteiger partial charge on any atom is -0.462 e. The van der Waals surface area contributed by atoms with Gasteiger partial charge in [0.05, 0.1) is 29.7 Å². The highest BCUT2D eigenvalue weighted by atomic mass is 16.5. The van der Waals surface area contributed by atoms with E-state index in [1.807, 2.05) is 0 Å². The Morgan fingerprint density at radius 3 is 2.36 bits per heavy atom. The van der Waals surface area contributed by atoms with Crippen LogP contribution in [0.2, 0.25) is 0 Å². The number of carbonyl (C=O) groups is 3. The molecule has 2 amide bonds. The summed E-state index contributed by atoms with van der Waals surface area (Å²) in [4.78, 5) is 39.4. The van der Waals surface area contributed by atoms with Gasteiger partial charge in [0, 0.05) is 0 Å². The van der Waals surface area contributed by atoms with E-state index in [1.54, 1.807) is 31.2 Å². The number of esters is 1. The summed E-state index contributed by atoms with van der Waals surface area (Å²) < 4.78 is 5.02. The Hall–Kier alpha value is -2.43. The number of amides is 2. The monoisotopic (exact) mass is 337 g/mol. The fourth-order valence-corrected chi connectivity index (χ4v) is 5.20. The van der Waals surface area contributed by atoms with Crippen molar-refractivity contribution in [2.24, 2.45) is 35.5 Å². The van der Waals surface area contributed by atoms with Crippen LogP contribution < -0.4 is 4.90 Å². The van der Waals surface area contributed by atoms with Gasteiger partial charge in [-0.05, 0) is 55.2 Å². The smallest absolute Gasteiger partial charge is 0.338 e. The van der Waals surface area contributed by atoms with Gasteiger partial charge in [0.1, 0.15) is 0 Å². The first-order valence-electron chi connectivity index (χ1n) is 8.95. The Labute approximate surface area is 145 Å². The molecule has 2 saturated carbocycles. The van der Waals surface area contributed by atoms with E-state index in [4.69, 9.17) is 4.74 Å². The van der Waals surface area contributed by atoms with Crippen molar-refractivity contribution in [2.45, 2.75) is 13.3 Å². The number of ether oxygens (including phenoxy) is 1. The molecular formula is C20H19NO4. The van der Waals surface area contributed by atoms with Crippen molar-refractivity contribution < 1.29 is 19.1 Å². The normalized spacial score (nSPS) is 37.1. The Morgan fingerprint density at radius 1 is 1.12 bits per heavy atom. The molecule has 1 heterocycles. The molecule has 0 spiro atoms. The van der Waals surface area contributed by atoms with Crippen LogP contribution in [0.3, 0.4) is 0 Å². The lowest BCUT2D eigenvalue weighted by molar-refractivity contribution is -0.124. The Balaban J connectivity index is 1.50. The lowest BCUT2D eigenvalue weighted by Gasteiger charge is -2.37. The molecule has 25 heavy (non-hydrogen) atoms. The van der Waals surface area contributed by atoms with Gasteiger partial charge in [-0.15, -0.1) is 0 Å². The summed E-state index contributed by atoms with van der Waals surface area (Å²) in [5, 5.41) is 0. The molecule has 6 atom stereocenters. The summed E-state index contributed by atoms with van der Waals surface area (Å²) in [5.41, 5.74) is 0.835. The highest BCUT2D eigenvalue weighted by molar-refractivity contribution is 6.22. The van der Waals surface area contributed by atoms with Gasteiger partial charge in [0.15, 0.2) is 0 Å². The number of hydrogen-bond donors (Lipinski definition) is 0. The topological polar surface area (TPSA) is 63.7 Å². The molecule has 5 nitrogen and oxygen atoms in total. The van der Waals surface area contributed by atoms with Gasteiger partial charge in [-0.2, -0.15) is 0 Å². The third-order valence-electron chi connectivity index (χ3n) is 6.28. The first-order chi connectivity index (χ1) is 12.1. The molecule has 1 aromatic rings. The maximum atomic E-state index is 13.1. The average Bonchev–Trinajstić information content (AvgIpc) is 3.39. The van der Waals surface area contributed by atoms with Crippen molar-refractivity contribution in [1.82, 2.24) is 0 Å². The molecule has 6 rings (SSSR count). The van der Waals surface area contributed by atoms with E-state index in [9.17, 15) is 14.4 Å². The molecule has 1 aromatic carbocycles. The average molecular weight is 337 g/mol. The van der Waals surface area contributed by atoms with Gasteiger partial charge in [0.25, 0.3) is 0 Å². The standard InChI is InChI=1S/C20H19NO4/c1-2-25-20(24)10-4-3-5-11(8-10)21-18(22)16-12-6-7-13(15-9-14(12)15)17(16)19(21)23/h3-8,12-17H,2,9H2,1H3/t12-,13-,14+,15+,16+,17+/m1/s1. The third kappa shape index (κ3) is 1.92. The second-order valence-corrected chi connectivity index (χ2v) is 7.44. The van der Waals surface area contributed by atoms with Crippen LogP contribution >= 0.6 is 0 Å². The van der Waals surface area contributed by atoms with Crippen molar-refractivity contribution in [3.8, 4) is 0 Å². The molecule has 4 aliphatic carbocycles. The molecular weight excluding hydrogens is 318 g/mol. The van der Waals surface area contributed by atoms with Crippen molar-refractivity contribution in [2.75, 3.05) is 11.5 Å². The molecule has 1 aliphatic heterocycles. The second-order valence-electron chi connectivity index (χ2n) is 7.44. The predicted octanol–water partition coefficient (Wildman–Crippen LogP) is 2.42. The summed E-state index contributed by atoms with van der Waals surface area (Å²) in [5.74, 6) is 0.460. The molecule has 0 unspecified atom stereocenters. The maximum absolute atomic E-state index is 13.1. The van der Waals surface area contributed by atoms with E-state index in [0.29, 0.717) is 23.1 Å². The summed E-state index contributed by atoms with van der Waals surface area (Å²) in [6, 6.07) is 6.63.